The van der Waals surface area contributed by atoms with E-state index in [0.29, 0.717) is 10.8 Å². The van der Waals surface area contributed by atoms with Gasteiger partial charge in [0.1, 0.15) is 17.6 Å². The number of aliphatic imine (C=N–C) groups is 1. The zero-order chi connectivity index (χ0) is 20.8. The van der Waals surface area contributed by atoms with E-state index in [9.17, 15) is 4.79 Å². The molecule has 29 heavy (non-hydrogen) atoms. The van der Waals surface area contributed by atoms with E-state index in [1.54, 1.807) is 0 Å². The highest BCUT2D eigenvalue weighted by atomic mass is 35.5. The molecule has 5 nitrogen and oxygen atoms in total. The number of rotatable bonds is 3. The van der Waals surface area contributed by atoms with Crippen LogP contribution in [0.25, 0.3) is 5.69 Å². The van der Waals surface area contributed by atoms with Crippen LogP contribution in [0, 0.1) is 12.3 Å². The fourth-order valence-electron chi connectivity index (χ4n) is 3.50. The summed E-state index contributed by atoms with van der Waals surface area (Å²) in [7, 11) is 0. The predicted molar refractivity (Wildman–Crippen MR) is 115 cm³/mol. The molecule has 2 heterocycles. The average molecular weight is 407 g/mol. The lowest BCUT2D eigenvalue weighted by atomic mass is 9.87. The summed E-state index contributed by atoms with van der Waals surface area (Å²) in [5, 5.41) is 9.36. The second-order valence-electron chi connectivity index (χ2n) is 8.34. The third-order valence-corrected chi connectivity index (χ3v) is 5.42. The molecule has 4 rings (SSSR count). The van der Waals surface area contributed by atoms with E-state index in [4.69, 9.17) is 16.6 Å². The number of nitrogens with zero attached hydrogens (tertiary/aromatic N) is 4. The van der Waals surface area contributed by atoms with Gasteiger partial charge in [-0.15, -0.1) is 10.2 Å². The van der Waals surface area contributed by atoms with Crippen molar-refractivity contribution in [3.8, 4) is 5.69 Å². The monoisotopic (exact) mass is 406 g/mol. The molecule has 0 unspecified atom stereocenters. The molecule has 0 spiro atoms. The molecular weight excluding hydrogens is 384 g/mol. The Hall–Kier alpha value is -2.79. The Morgan fingerprint density at radius 3 is 2.45 bits per heavy atom. The summed E-state index contributed by atoms with van der Waals surface area (Å²) in [5.41, 5.74) is 3.27. The van der Waals surface area contributed by atoms with Gasteiger partial charge in [-0.3, -0.25) is 14.4 Å². The van der Waals surface area contributed by atoms with Gasteiger partial charge in [-0.2, -0.15) is 0 Å². The molecular formula is C23H23ClN4O. The summed E-state index contributed by atoms with van der Waals surface area (Å²) in [4.78, 5) is 17.9. The van der Waals surface area contributed by atoms with Crippen LogP contribution in [-0.4, -0.2) is 26.3 Å². The van der Waals surface area contributed by atoms with Crippen molar-refractivity contribution in [2.24, 2.45) is 10.4 Å². The van der Waals surface area contributed by atoms with E-state index in [1.807, 2.05) is 80.8 Å². The van der Waals surface area contributed by atoms with Crippen molar-refractivity contribution in [1.82, 2.24) is 14.8 Å². The van der Waals surface area contributed by atoms with Crippen LogP contribution in [0.5, 0.6) is 0 Å². The van der Waals surface area contributed by atoms with Crippen LogP contribution in [-0.2, 0) is 4.79 Å². The van der Waals surface area contributed by atoms with Gasteiger partial charge in [0.25, 0.3) is 0 Å². The Bertz CT molecular complexity index is 1110. The molecule has 1 aliphatic heterocycles. The highest BCUT2D eigenvalue weighted by molar-refractivity contribution is 6.30. The lowest BCUT2D eigenvalue weighted by Gasteiger charge is -2.19. The second kappa shape index (κ2) is 7.23. The van der Waals surface area contributed by atoms with Crippen LogP contribution < -0.4 is 0 Å². The Labute approximate surface area is 175 Å². The zero-order valence-electron chi connectivity index (χ0n) is 17.0. The number of carbonyl (C=O) groups is 1. The topological polar surface area (TPSA) is 60.1 Å². The molecule has 0 saturated carbocycles. The van der Waals surface area contributed by atoms with Crippen LogP contribution in [0.2, 0.25) is 5.02 Å². The van der Waals surface area contributed by atoms with Gasteiger partial charge in [0.15, 0.2) is 5.82 Å². The number of fused-ring (bicyclic) bond motifs is 3. The normalized spacial score (nSPS) is 15.9. The van der Waals surface area contributed by atoms with Gasteiger partial charge >= 0.3 is 0 Å². The van der Waals surface area contributed by atoms with Crippen molar-refractivity contribution in [3.05, 3.63) is 76.3 Å². The Kier molecular flexibility index (Phi) is 4.87. The lowest BCUT2D eigenvalue weighted by Crippen LogP contribution is -2.23. The van der Waals surface area contributed by atoms with E-state index in [-0.39, 0.29) is 12.2 Å². The number of aryl methyl sites for hydroxylation is 1. The predicted octanol–water partition coefficient (Wildman–Crippen LogP) is 5.13. The molecule has 0 fully saturated rings. The molecule has 0 radical (unpaired) electrons. The molecule has 3 aromatic rings. The first kappa shape index (κ1) is 19.5. The first-order valence-electron chi connectivity index (χ1n) is 9.64. The Morgan fingerprint density at radius 1 is 1.07 bits per heavy atom. The maximum atomic E-state index is 12.9. The van der Waals surface area contributed by atoms with Gasteiger partial charge in [0.05, 0.1) is 11.4 Å². The van der Waals surface area contributed by atoms with Gasteiger partial charge in [0, 0.05) is 28.0 Å². The minimum Gasteiger partial charge on any atom is -0.299 e. The van der Waals surface area contributed by atoms with E-state index in [0.717, 1.165) is 28.4 Å². The van der Waals surface area contributed by atoms with Gasteiger partial charge in [-0.25, -0.2) is 0 Å². The average Bonchev–Trinajstić information content (AvgIpc) is 3.00. The minimum atomic E-state index is -0.449. The molecule has 0 amide bonds. The molecule has 0 saturated heterocycles. The molecule has 0 bridgehead atoms. The summed E-state index contributed by atoms with van der Waals surface area (Å²) in [6.45, 7) is 7.71. The number of aromatic nitrogens is 3. The van der Waals surface area contributed by atoms with Gasteiger partial charge in [0.2, 0.25) is 0 Å². The summed E-state index contributed by atoms with van der Waals surface area (Å²) in [6.07, 6.45) is 0.271. The Morgan fingerprint density at radius 2 is 1.76 bits per heavy atom. The number of hydrogen-bond donors (Lipinski definition) is 0. The maximum absolute atomic E-state index is 12.9. The van der Waals surface area contributed by atoms with E-state index in [1.165, 1.54) is 0 Å². The van der Waals surface area contributed by atoms with E-state index in [2.05, 4.69) is 10.2 Å². The standard InChI is InChI=1S/C23H23ClN4O/c1-14-26-27-22-18(13-20(29)23(2,3)4)25-21(15-9-11-16(24)12-10-15)17-7-5-6-8-19(17)28(14)22/h5-12,18H,13H2,1-4H3/t18-/m0/s1. The fraction of sp³-hybridized carbons (Fsp3) is 0.304. The van der Waals surface area contributed by atoms with Crippen LogP contribution in [0.1, 0.15) is 56.0 Å². The molecule has 0 aliphatic carbocycles. The fourth-order valence-corrected chi connectivity index (χ4v) is 3.63. The molecule has 6 heteroatoms. The molecule has 148 valence electrons. The van der Waals surface area contributed by atoms with E-state index < -0.39 is 11.5 Å². The smallest absolute Gasteiger partial charge is 0.162 e. The highest BCUT2D eigenvalue weighted by Gasteiger charge is 2.32. The van der Waals surface area contributed by atoms with Crippen molar-refractivity contribution >= 4 is 23.1 Å². The summed E-state index contributed by atoms with van der Waals surface area (Å²) < 4.78 is 2.02. The van der Waals surface area contributed by atoms with Crippen LogP contribution in [0.15, 0.2) is 53.5 Å². The van der Waals surface area contributed by atoms with Crippen molar-refractivity contribution in [2.75, 3.05) is 0 Å². The highest BCUT2D eigenvalue weighted by Crippen LogP contribution is 2.34. The SMILES string of the molecule is Cc1nnc2n1-c1ccccc1C(c1ccc(Cl)cc1)=N[C@H]2CC(=O)C(C)(C)C. The Balaban J connectivity index is 1.94. The summed E-state index contributed by atoms with van der Waals surface area (Å²) in [6, 6.07) is 15.3. The van der Waals surface area contributed by atoms with Gasteiger partial charge < -0.3 is 0 Å². The van der Waals surface area contributed by atoms with Crippen molar-refractivity contribution in [3.63, 3.8) is 0 Å². The first-order valence-corrected chi connectivity index (χ1v) is 10.0. The zero-order valence-corrected chi connectivity index (χ0v) is 17.7. The molecule has 0 N–H and O–H groups in total. The number of halogens is 1. The number of benzene rings is 2. The summed E-state index contributed by atoms with van der Waals surface area (Å²) in [5.74, 6) is 1.60. The quantitative estimate of drug-likeness (QED) is 0.606. The number of hydrogen-bond acceptors (Lipinski definition) is 4. The van der Waals surface area contributed by atoms with Gasteiger partial charge in [-0.1, -0.05) is 62.7 Å². The largest absolute Gasteiger partial charge is 0.299 e. The number of carbonyl (C=O) groups excluding carboxylic acids is 1. The van der Waals surface area contributed by atoms with Gasteiger partial charge in [-0.05, 0) is 25.1 Å². The van der Waals surface area contributed by atoms with Crippen LogP contribution in [0.4, 0.5) is 0 Å². The second-order valence-corrected chi connectivity index (χ2v) is 8.77. The number of Topliss-reactive ketones (excluding diaryl/α,β-unsaturated/α-hetero) is 1. The van der Waals surface area contributed by atoms with Crippen molar-refractivity contribution in [2.45, 2.75) is 40.2 Å². The maximum Gasteiger partial charge on any atom is 0.162 e. The first-order chi connectivity index (χ1) is 13.8. The minimum absolute atomic E-state index is 0.139. The number of ketones is 1. The molecule has 1 aromatic heterocycles. The third-order valence-electron chi connectivity index (χ3n) is 5.17. The summed E-state index contributed by atoms with van der Waals surface area (Å²) >= 11 is 6.10. The van der Waals surface area contributed by atoms with Crippen molar-refractivity contribution < 1.29 is 4.79 Å². The third kappa shape index (κ3) is 3.62. The molecule has 2 aromatic carbocycles. The number of para-hydroxylation sites is 1. The lowest BCUT2D eigenvalue weighted by molar-refractivity contribution is -0.126. The van der Waals surface area contributed by atoms with Crippen LogP contribution in [0.3, 0.4) is 0 Å². The molecule has 1 atom stereocenters. The molecule has 1 aliphatic rings. The van der Waals surface area contributed by atoms with Crippen LogP contribution >= 0.6 is 11.6 Å². The van der Waals surface area contributed by atoms with E-state index >= 15 is 0 Å². The van der Waals surface area contributed by atoms with Crippen molar-refractivity contribution in [1.29, 1.82) is 0 Å².